The monoisotopic (exact) mass is 289 g/mol. The van der Waals surface area contributed by atoms with Crippen molar-refractivity contribution >= 4 is 0 Å². The fraction of sp³-hybridized carbons (Fsp3) is 0.667. The quantitative estimate of drug-likeness (QED) is 0.922. The summed E-state index contributed by atoms with van der Waals surface area (Å²) in [5.41, 5.74) is 1.29. The van der Waals surface area contributed by atoms with Crippen molar-refractivity contribution in [1.82, 2.24) is 4.90 Å². The summed E-state index contributed by atoms with van der Waals surface area (Å²) in [7, 11) is 0. The molecule has 0 bridgehead atoms. The van der Waals surface area contributed by atoms with Crippen molar-refractivity contribution in [2.45, 2.75) is 63.7 Å². The summed E-state index contributed by atoms with van der Waals surface area (Å²) in [6.07, 6.45) is 8.23. The van der Waals surface area contributed by atoms with Gasteiger partial charge in [0.15, 0.2) is 0 Å². The van der Waals surface area contributed by atoms with Gasteiger partial charge in [0, 0.05) is 18.7 Å². The molecule has 1 N–H and O–H groups in total. The summed E-state index contributed by atoms with van der Waals surface area (Å²) in [5.74, 6) is 1.06. The lowest BCUT2D eigenvalue weighted by molar-refractivity contribution is 0.154. The van der Waals surface area contributed by atoms with Gasteiger partial charge in [-0.3, -0.25) is 4.90 Å². The third kappa shape index (κ3) is 4.21. The number of benzene rings is 1. The van der Waals surface area contributed by atoms with E-state index in [-0.39, 0.29) is 6.10 Å². The van der Waals surface area contributed by atoms with Gasteiger partial charge >= 0.3 is 0 Å². The van der Waals surface area contributed by atoms with E-state index in [4.69, 9.17) is 4.74 Å². The van der Waals surface area contributed by atoms with Crippen molar-refractivity contribution in [2.75, 3.05) is 13.1 Å². The topological polar surface area (TPSA) is 32.7 Å². The van der Waals surface area contributed by atoms with E-state index in [9.17, 15) is 5.11 Å². The molecule has 0 spiro atoms. The molecule has 1 aromatic rings. The van der Waals surface area contributed by atoms with Gasteiger partial charge in [0.25, 0.3) is 0 Å². The second kappa shape index (κ2) is 7.28. The first-order valence-electron chi connectivity index (χ1n) is 8.46. The van der Waals surface area contributed by atoms with Crippen LogP contribution in [0, 0.1) is 0 Å². The normalized spacial score (nSPS) is 24.9. The summed E-state index contributed by atoms with van der Waals surface area (Å²) in [5, 5.41) is 9.77. The van der Waals surface area contributed by atoms with Crippen LogP contribution in [0.15, 0.2) is 24.3 Å². The fourth-order valence-corrected chi connectivity index (χ4v) is 3.47. The van der Waals surface area contributed by atoms with Gasteiger partial charge in [-0.15, -0.1) is 0 Å². The first-order valence-corrected chi connectivity index (χ1v) is 8.46. The molecule has 2 fully saturated rings. The second-order valence-electron chi connectivity index (χ2n) is 6.49. The summed E-state index contributed by atoms with van der Waals surface area (Å²) >= 11 is 0. The molecule has 3 heteroatoms. The van der Waals surface area contributed by atoms with Crippen LogP contribution in [0.5, 0.6) is 5.75 Å². The molecule has 1 saturated heterocycles. The first-order chi connectivity index (χ1) is 10.3. The lowest BCUT2D eigenvalue weighted by Gasteiger charge is -2.23. The molecule has 1 saturated carbocycles. The highest BCUT2D eigenvalue weighted by Gasteiger charge is 2.19. The predicted octanol–water partition coefficient (Wildman–Crippen LogP) is 3.35. The van der Waals surface area contributed by atoms with E-state index in [0.717, 1.165) is 44.6 Å². The summed E-state index contributed by atoms with van der Waals surface area (Å²) in [4.78, 5) is 2.45. The van der Waals surface area contributed by atoms with Crippen molar-refractivity contribution < 1.29 is 9.84 Å². The Morgan fingerprint density at radius 3 is 2.67 bits per heavy atom. The van der Waals surface area contributed by atoms with Gasteiger partial charge in [-0.05, 0) is 57.6 Å². The van der Waals surface area contributed by atoms with E-state index >= 15 is 0 Å². The molecule has 1 atom stereocenters. The molecule has 1 aromatic carbocycles. The summed E-state index contributed by atoms with van der Waals surface area (Å²) in [6.45, 7) is 3.00. The van der Waals surface area contributed by atoms with Crippen molar-refractivity contribution in [3.05, 3.63) is 29.8 Å². The van der Waals surface area contributed by atoms with E-state index in [1.54, 1.807) is 0 Å². The number of aliphatic hydroxyl groups excluding tert-OH is 1. The minimum Gasteiger partial charge on any atom is -0.490 e. The molecule has 0 aromatic heterocycles. The molecule has 3 rings (SSSR count). The van der Waals surface area contributed by atoms with Gasteiger partial charge in [0.05, 0.1) is 12.2 Å². The van der Waals surface area contributed by atoms with E-state index in [1.807, 2.05) is 0 Å². The van der Waals surface area contributed by atoms with Gasteiger partial charge in [-0.25, -0.2) is 0 Å². The van der Waals surface area contributed by atoms with Gasteiger partial charge in [0.2, 0.25) is 0 Å². The van der Waals surface area contributed by atoms with E-state index in [1.165, 1.54) is 31.2 Å². The maximum atomic E-state index is 9.77. The average molecular weight is 289 g/mol. The number of ether oxygens (including phenoxy) is 1. The molecule has 0 radical (unpaired) electrons. The predicted molar refractivity (Wildman–Crippen MR) is 84.5 cm³/mol. The third-order valence-electron chi connectivity index (χ3n) is 4.75. The highest BCUT2D eigenvalue weighted by atomic mass is 16.5. The Hall–Kier alpha value is -1.06. The number of rotatable bonds is 4. The largest absolute Gasteiger partial charge is 0.490 e. The fourth-order valence-electron chi connectivity index (χ4n) is 3.47. The SMILES string of the molecule is O[C@H]1CCCN(Cc2ccccc2OC2CCCC2)CC1. The van der Waals surface area contributed by atoms with Gasteiger partial charge in [-0.2, -0.15) is 0 Å². The summed E-state index contributed by atoms with van der Waals surface area (Å²) in [6, 6.07) is 8.47. The van der Waals surface area contributed by atoms with Crippen LogP contribution in [-0.2, 0) is 6.54 Å². The molecular formula is C18H27NO2. The minimum absolute atomic E-state index is 0.111. The molecule has 0 amide bonds. The molecule has 1 aliphatic heterocycles. The molecule has 1 aliphatic carbocycles. The highest BCUT2D eigenvalue weighted by molar-refractivity contribution is 5.33. The Morgan fingerprint density at radius 1 is 1.00 bits per heavy atom. The molecule has 0 unspecified atom stereocenters. The zero-order chi connectivity index (χ0) is 14.5. The van der Waals surface area contributed by atoms with Gasteiger partial charge in [0.1, 0.15) is 5.75 Å². The van der Waals surface area contributed by atoms with Crippen LogP contribution in [0.3, 0.4) is 0 Å². The molecule has 116 valence electrons. The lowest BCUT2D eigenvalue weighted by atomic mass is 10.1. The molecule has 1 heterocycles. The number of hydrogen-bond donors (Lipinski definition) is 1. The van der Waals surface area contributed by atoms with Crippen LogP contribution in [-0.4, -0.2) is 35.3 Å². The highest BCUT2D eigenvalue weighted by Crippen LogP contribution is 2.27. The smallest absolute Gasteiger partial charge is 0.124 e. The van der Waals surface area contributed by atoms with Gasteiger partial charge < -0.3 is 9.84 Å². The molecular weight excluding hydrogens is 262 g/mol. The Kier molecular flexibility index (Phi) is 5.15. The molecule has 2 aliphatic rings. The first kappa shape index (κ1) is 14.9. The maximum absolute atomic E-state index is 9.77. The average Bonchev–Trinajstić information content (AvgIpc) is 2.91. The van der Waals surface area contributed by atoms with E-state index in [0.29, 0.717) is 6.10 Å². The van der Waals surface area contributed by atoms with E-state index < -0.39 is 0 Å². The standard InChI is InChI=1S/C18H27NO2/c20-16-7-5-12-19(13-11-16)14-15-6-1-4-10-18(15)21-17-8-2-3-9-17/h1,4,6,10,16-17,20H,2-3,5,7-9,11-14H2/t16-/m0/s1. The lowest BCUT2D eigenvalue weighted by Crippen LogP contribution is -2.25. The Labute approximate surface area is 127 Å². The second-order valence-corrected chi connectivity index (χ2v) is 6.49. The Balaban J connectivity index is 1.63. The van der Waals surface area contributed by atoms with Crippen LogP contribution >= 0.6 is 0 Å². The minimum atomic E-state index is -0.111. The number of nitrogens with zero attached hydrogens (tertiary/aromatic N) is 1. The maximum Gasteiger partial charge on any atom is 0.124 e. The van der Waals surface area contributed by atoms with Crippen molar-refractivity contribution in [3.63, 3.8) is 0 Å². The van der Waals surface area contributed by atoms with Crippen LogP contribution in [0.4, 0.5) is 0 Å². The van der Waals surface area contributed by atoms with Crippen molar-refractivity contribution in [3.8, 4) is 5.75 Å². The van der Waals surface area contributed by atoms with Crippen LogP contribution in [0.1, 0.15) is 50.5 Å². The zero-order valence-corrected chi connectivity index (χ0v) is 12.8. The summed E-state index contributed by atoms with van der Waals surface area (Å²) < 4.78 is 6.22. The number of para-hydroxylation sites is 1. The number of aliphatic hydroxyl groups is 1. The Bertz CT molecular complexity index is 443. The number of hydrogen-bond acceptors (Lipinski definition) is 3. The van der Waals surface area contributed by atoms with Crippen LogP contribution in [0.2, 0.25) is 0 Å². The number of likely N-dealkylation sites (tertiary alicyclic amines) is 1. The molecule has 21 heavy (non-hydrogen) atoms. The Morgan fingerprint density at radius 2 is 1.81 bits per heavy atom. The van der Waals surface area contributed by atoms with Crippen LogP contribution in [0.25, 0.3) is 0 Å². The molecule has 3 nitrogen and oxygen atoms in total. The van der Waals surface area contributed by atoms with Crippen molar-refractivity contribution in [1.29, 1.82) is 0 Å². The zero-order valence-electron chi connectivity index (χ0n) is 12.8. The van der Waals surface area contributed by atoms with E-state index in [2.05, 4.69) is 29.2 Å². The van der Waals surface area contributed by atoms with Crippen molar-refractivity contribution in [2.24, 2.45) is 0 Å². The van der Waals surface area contributed by atoms with Gasteiger partial charge in [-0.1, -0.05) is 18.2 Å². The van der Waals surface area contributed by atoms with Crippen LogP contribution < -0.4 is 4.74 Å². The third-order valence-corrected chi connectivity index (χ3v) is 4.75.